The lowest BCUT2D eigenvalue weighted by Gasteiger charge is -2.10. The van der Waals surface area contributed by atoms with Crippen LogP contribution in [-0.4, -0.2) is 35.5 Å². The Morgan fingerprint density at radius 2 is 1.94 bits per heavy atom. The summed E-state index contributed by atoms with van der Waals surface area (Å²) in [5, 5.41) is 0. The molecule has 1 amide bonds. The van der Waals surface area contributed by atoms with Gasteiger partial charge in [-0.3, -0.25) is 14.4 Å². The summed E-state index contributed by atoms with van der Waals surface area (Å²) >= 11 is 1.43. The lowest BCUT2D eigenvalue weighted by molar-refractivity contribution is -0.127. The number of rotatable bonds is 10. The maximum atomic E-state index is 11.5. The Labute approximate surface area is 106 Å². The number of carbonyl (C=O) groups is 3. The Bertz CT molecular complexity index is 282. The molecule has 5 nitrogen and oxygen atoms in total. The van der Waals surface area contributed by atoms with E-state index in [1.54, 1.807) is 0 Å². The molecule has 0 spiro atoms. The van der Waals surface area contributed by atoms with Crippen LogP contribution in [0.15, 0.2) is 0 Å². The molecule has 17 heavy (non-hydrogen) atoms. The monoisotopic (exact) mass is 260 g/mol. The number of ketones is 2. The average Bonchev–Trinajstić information content (AvgIpc) is 2.23. The predicted molar refractivity (Wildman–Crippen MR) is 68.6 cm³/mol. The molecule has 0 radical (unpaired) electrons. The first-order chi connectivity index (χ1) is 7.97. The molecule has 0 aliphatic rings. The minimum Gasteiger partial charge on any atom is -0.369 e. The first-order valence-corrected chi connectivity index (χ1v) is 6.71. The fourth-order valence-electron chi connectivity index (χ4n) is 1.32. The van der Waals surface area contributed by atoms with Crippen molar-refractivity contribution in [3.8, 4) is 0 Å². The molecule has 0 fully saturated rings. The van der Waals surface area contributed by atoms with Crippen LogP contribution in [0.3, 0.4) is 0 Å². The molecule has 0 aromatic rings. The highest BCUT2D eigenvalue weighted by Gasteiger charge is 2.18. The van der Waals surface area contributed by atoms with Gasteiger partial charge in [-0.05, 0) is 19.9 Å². The highest BCUT2D eigenvalue weighted by atomic mass is 32.2. The summed E-state index contributed by atoms with van der Waals surface area (Å²) < 4.78 is 0. The van der Waals surface area contributed by atoms with Crippen LogP contribution in [0.2, 0.25) is 0 Å². The summed E-state index contributed by atoms with van der Waals surface area (Å²) in [6.45, 7) is 1.86. The number of hydrogen-bond acceptors (Lipinski definition) is 5. The Kier molecular flexibility index (Phi) is 8.71. The molecule has 98 valence electrons. The molecule has 0 bridgehead atoms. The second kappa shape index (κ2) is 9.18. The van der Waals surface area contributed by atoms with Gasteiger partial charge in [-0.25, -0.2) is 0 Å². The summed E-state index contributed by atoms with van der Waals surface area (Å²) in [7, 11) is 0. The van der Waals surface area contributed by atoms with Gasteiger partial charge < -0.3 is 11.5 Å². The fourth-order valence-corrected chi connectivity index (χ4v) is 2.13. The molecule has 0 rings (SSSR count). The molecule has 0 aliphatic heterocycles. The molecular formula is C11H20N2O3S. The molecular weight excluding hydrogens is 240 g/mol. The van der Waals surface area contributed by atoms with Gasteiger partial charge in [-0.15, -0.1) is 0 Å². The van der Waals surface area contributed by atoms with Crippen molar-refractivity contribution >= 4 is 29.2 Å². The number of nitrogens with two attached hydrogens (primary N) is 2. The molecule has 0 saturated carbocycles. The second-order valence-corrected chi connectivity index (χ2v) is 5.03. The highest BCUT2D eigenvalue weighted by Crippen LogP contribution is 2.11. The van der Waals surface area contributed by atoms with Crippen molar-refractivity contribution in [1.29, 1.82) is 0 Å². The largest absolute Gasteiger partial charge is 0.369 e. The molecule has 0 aromatic carbocycles. The van der Waals surface area contributed by atoms with Gasteiger partial charge >= 0.3 is 0 Å². The predicted octanol–water partition coefficient (Wildman–Crippen LogP) is 0.108. The van der Waals surface area contributed by atoms with E-state index in [1.807, 2.05) is 0 Å². The highest BCUT2D eigenvalue weighted by molar-refractivity contribution is 7.99. The van der Waals surface area contributed by atoms with E-state index < -0.39 is 11.8 Å². The topological polar surface area (TPSA) is 103 Å². The molecule has 0 heterocycles. The van der Waals surface area contributed by atoms with Crippen LogP contribution >= 0.6 is 11.8 Å². The van der Waals surface area contributed by atoms with E-state index in [1.165, 1.54) is 18.7 Å². The van der Waals surface area contributed by atoms with Crippen molar-refractivity contribution < 1.29 is 14.4 Å². The fraction of sp³-hybridized carbons (Fsp3) is 0.727. The van der Waals surface area contributed by atoms with Gasteiger partial charge in [-0.1, -0.05) is 0 Å². The van der Waals surface area contributed by atoms with E-state index in [0.29, 0.717) is 30.9 Å². The molecule has 6 heteroatoms. The third-order valence-electron chi connectivity index (χ3n) is 2.22. The Balaban J connectivity index is 3.82. The quantitative estimate of drug-likeness (QED) is 0.542. The summed E-state index contributed by atoms with van der Waals surface area (Å²) in [5.41, 5.74) is 10.5. The first kappa shape index (κ1) is 16.1. The molecule has 0 unspecified atom stereocenters. The van der Waals surface area contributed by atoms with Crippen LogP contribution in [-0.2, 0) is 14.4 Å². The molecule has 4 N–H and O–H groups in total. The average molecular weight is 260 g/mol. The van der Waals surface area contributed by atoms with Crippen LogP contribution in [0, 0.1) is 5.92 Å². The van der Waals surface area contributed by atoms with Crippen LogP contribution in [0.1, 0.15) is 26.2 Å². The second-order valence-electron chi connectivity index (χ2n) is 3.92. The normalized spacial score (nSPS) is 12.1. The minimum absolute atomic E-state index is 0.00157. The lowest BCUT2D eigenvalue weighted by atomic mass is 9.97. The SMILES string of the molecule is CC(=O)CSCCC(=O)C[C@@H](CCN)C(N)=O. The zero-order chi connectivity index (χ0) is 13.3. The molecule has 0 aliphatic carbocycles. The Hall–Kier alpha value is -0.880. The Morgan fingerprint density at radius 3 is 2.41 bits per heavy atom. The number of primary amides is 1. The first-order valence-electron chi connectivity index (χ1n) is 5.55. The van der Waals surface area contributed by atoms with Crippen molar-refractivity contribution in [1.82, 2.24) is 0 Å². The Morgan fingerprint density at radius 1 is 1.29 bits per heavy atom. The van der Waals surface area contributed by atoms with Crippen LogP contribution in [0.5, 0.6) is 0 Å². The van der Waals surface area contributed by atoms with Crippen molar-refractivity contribution in [2.75, 3.05) is 18.1 Å². The van der Waals surface area contributed by atoms with Gasteiger partial charge in [0.1, 0.15) is 11.6 Å². The third-order valence-corrected chi connectivity index (χ3v) is 3.33. The maximum absolute atomic E-state index is 11.5. The van der Waals surface area contributed by atoms with E-state index in [9.17, 15) is 14.4 Å². The van der Waals surface area contributed by atoms with Gasteiger partial charge in [0.05, 0.1) is 5.75 Å². The van der Waals surface area contributed by atoms with Gasteiger partial charge in [0.2, 0.25) is 5.91 Å². The molecule has 0 saturated heterocycles. The molecule has 0 aromatic heterocycles. The van der Waals surface area contributed by atoms with E-state index in [-0.39, 0.29) is 18.0 Å². The number of amides is 1. The number of thioether (sulfide) groups is 1. The van der Waals surface area contributed by atoms with Gasteiger partial charge in [-0.2, -0.15) is 11.8 Å². The van der Waals surface area contributed by atoms with Crippen LogP contribution in [0.4, 0.5) is 0 Å². The van der Waals surface area contributed by atoms with E-state index in [2.05, 4.69) is 0 Å². The maximum Gasteiger partial charge on any atom is 0.221 e. The van der Waals surface area contributed by atoms with E-state index >= 15 is 0 Å². The zero-order valence-corrected chi connectivity index (χ0v) is 10.9. The standard InChI is InChI=1S/C11H20N2O3S/c1-8(14)7-17-5-3-10(15)6-9(2-4-12)11(13)16/h9H,2-7,12H2,1H3,(H2,13,16)/t9-/m1/s1. The van der Waals surface area contributed by atoms with E-state index in [4.69, 9.17) is 11.5 Å². The summed E-state index contributed by atoms with van der Waals surface area (Å²) in [6.07, 6.45) is 0.973. The van der Waals surface area contributed by atoms with Crippen molar-refractivity contribution in [3.05, 3.63) is 0 Å². The summed E-state index contributed by atoms with van der Waals surface area (Å²) in [4.78, 5) is 33.2. The minimum atomic E-state index is -0.472. The van der Waals surface area contributed by atoms with Crippen molar-refractivity contribution in [2.24, 2.45) is 17.4 Å². The molecule has 1 atom stereocenters. The van der Waals surface area contributed by atoms with E-state index in [0.717, 1.165) is 0 Å². The van der Waals surface area contributed by atoms with Gasteiger partial charge in [0.25, 0.3) is 0 Å². The van der Waals surface area contributed by atoms with Crippen LogP contribution < -0.4 is 11.5 Å². The number of hydrogen-bond donors (Lipinski definition) is 2. The van der Waals surface area contributed by atoms with Crippen molar-refractivity contribution in [2.45, 2.75) is 26.2 Å². The van der Waals surface area contributed by atoms with Crippen LogP contribution in [0.25, 0.3) is 0 Å². The van der Waals surface area contributed by atoms with Gasteiger partial charge in [0.15, 0.2) is 0 Å². The van der Waals surface area contributed by atoms with Gasteiger partial charge in [0, 0.05) is 24.5 Å². The smallest absolute Gasteiger partial charge is 0.221 e. The summed E-state index contributed by atoms with van der Waals surface area (Å²) in [6, 6.07) is 0. The summed E-state index contributed by atoms with van der Waals surface area (Å²) in [5.74, 6) is 0.200. The van der Waals surface area contributed by atoms with Crippen molar-refractivity contribution in [3.63, 3.8) is 0 Å². The third kappa shape index (κ3) is 8.88. The zero-order valence-electron chi connectivity index (χ0n) is 10.1. The number of Topliss-reactive ketones (excluding diaryl/α,β-unsaturated/α-hetero) is 2. The lowest BCUT2D eigenvalue weighted by Crippen LogP contribution is -2.27. The number of carbonyl (C=O) groups excluding carboxylic acids is 3.